The molecule has 0 bridgehead atoms. The van der Waals surface area contributed by atoms with E-state index in [0.717, 1.165) is 0 Å². The van der Waals surface area contributed by atoms with Crippen molar-refractivity contribution < 1.29 is 18.3 Å². The maximum Gasteiger partial charge on any atom is 0.265 e. The minimum Gasteiger partial charge on any atom is -0.396 e. The van der Waals surface area contributed by atoms with Crippen LogP contribution in [-0.2, 0) is 17.1 Å². The summed E-state index contributed by atoms with van der Waals surface area (Å²) in [6, 6.07) is 1.22. The van der Waals surface area contributed by atoms with Crippen LogP contribution in [0, 0.1) is 5.92 Å². The Kier molecular flexibility index (Phi) is 4.49. The van der Waals surface area contributed by atoms with E-state index in [0.29, 0.717) is 0 Å². The van der Waals surface area contributed by atoms with Gasteiger partial charge in [0.05, 0.1) is 0 Å². The van der Waals surface area contributed by atoms with Crippen LogP contribution >= 0.6 is 0 Å². The predicted octanol–water partition coefficient (Wildman–Crippen LogP) is -0.969. The quantitative estimate of drug-likeness (QED) is 0.619. The molecule has 0 aliphatic rings. The first-order chi connectivity index (χ1) is 8.27. The average Bonchev–Trinajstić information content (AvgIpc) is 2.69. The summed E-state index contributed by atoms with van der Waals surface area (Å²) >= 11 is 0. The lowest BCUT2D eigenvalue weighted by molar-refractivity contribution is 0.0992. The summed E-state index contributed by atoms with van der Waals surface area (Å²) in [5.41, 5.74) is 5.22. The number of primary amides is 1. The number of sulfonamides is 1. The molecule has 7 nitrogen and oxygen atoms in total. The molecular weight excluding hydrogens is 258 g/mol. The summed E-state index contributed by atoms with van der Waals surface area (Å²) in [6.07, 6.45) is 1.31. The zero-order valence-corrected chi connectivity index (χ0v) is 11.1. The summed E-state index contributed by atoms with van der Waals surface area (Å²) in [4.78, 5) is 11.0. The zero-order chi connectivity index (χ0) is 13.9. The summed E-state index contributed by atoms with van der Waals surface area (Å²) in [5.74, 6) is -0.873. The van der Waals surface area contributed by atoms with Gasteiger partial charge in [-0.2, -0.15) is 0 Å². The highest BCUT2D eigenvalue weighted by Gasteiger charge is 2.19. The standard InChI is InChI=1S/C10H17N3O4S/c1-7(6-14)4-12-18(16,17)8-3-9(10(11)15)13(2)5-8/h3,5,7,12,14H,4,6H2,1-2H3,(H2,11,15). The fourth-order valence-electron chi connectivity index (χ4n) is 1.33. The van der Waals surface area contributed by atoms with E-state index >= 15 is 0 Å². The molecule has 0 aromatic carbocycles. The van der Waals surface area contributed by atoms with Gasteiger partial charge in [0.25, 0.3) is 5.91 Å². The monoisotopic (exact) mass is 275 g/mol. The van der Waals surface area contributed by atoms with Gasteiger partial charge in [-0.15, -0.1) is 0 Å². The number of aliphatic hydroxyl groups excluding tert-OH is 1. The van der Waals surface area contributed by atoms with Gasteiger partial charge in [-0.3, -0.25) is 4.79 Å². The Morgan fingerprint density at radius 3 is 2.67 bits per heavy atom. The number of amides is 1. The summed E-state index contributed by atoms with van der Waals surface area (Å²) in [7, 11) is -2.15. The highest BCUT2D eigenvalue weighted by atomic mass is 32.2. The molecule has 1 amide bonds. The maximum atomic E-state index is 11.9. The number of aryl methyl sites for hydroxylation is 1. The van der Waals surface area contributed by atoms with Gasteiger partial charge in [0.15, 0.2) is 0 Å². The number of carbonyl (C=O) groups excluding carboxylic acids is 1. The van der Waals surface area contributed by atoms with Crippen molar-refractivity contribution in [2.24, 2.45) is 18.7 Å². The predicted molar refractivity (Wildman–Crippen MR) is 65.4 cm³/mol. The molecule has 4 N–H and O–H groups in total. The van der Waals surface area contributed by atoms with Crippen molar-refractivity contribution in [1.29, 1.82) is 0 Å². The number of hydrogen-bond acceptors (Lipinski definition) is 4. The van der Waals surface area contributed by atoms with E-state index in [1.165, 1.54) is 23.9 Å². The van der Waals surface area contributed by atoms with Crippen LogP contribution in [0.4, 0.5) is 0 Å². The Morgan fingerprint density at radius 1 is 1.61 bits per heavy atom. The third kappa shape index (κ3) is 3.31. The molecule has 0 aliphatic carbocycles. The molecule has 1 heterocycles. The van der Waals surface area contributed by atoms with Crippen molar-refractivity contribution in [3.8, 4) is 0 Å². The van der Waals surface area contributed by atoms with E-state index < -0.39 is 15.9 Å². The molecular formula is C10H17N3O4S. The van der Waals surface area contributed by atoms with Crippen molar-refractivity contribution in [3.05, 3.63) is 18.0 Å². The van der Waals surface area contributed by atoms with Crippen LogP contribution in [0.15, 0.2) is 17.2 Å². The fourth-order valence-corrected chi connectivity index (χ4v) is 2.56. The Morgan fingerprint density at radius 2 is 2.22 bits per heavy atom. The number of rotatable bonds is 6. The molecule has 0 spiro atoms. The molecule has 1 atom stereocenters. The molecule has 1 rings (SSSR count). The molecule has 0 saturated heterocycles. The molecule has 1 aromatic rings. The van der Waals surface area contributed by atoms with Gasteiger partial charge in [-0.25, -0.2) is 13.1 Å². The van der Waals surface area contributed by atoms with Gasteiger partial charge in [0.1, 0.15) is 10.6 Å². The van der Waals surface area contributed by atoms with E-state index in [2.05, 4.69) is 4.72 Å². The van der Waals surface area contributed by atoms with Crippen LogP contribution in [-0.4, -0.2) is 37.2 Å². The maximum absolute atomic E-state index is 11.9. The van der Waals surface area contributed by atoms with E-state index in [1.54, 1.807) is 6.92 Å². The van der Waals surface area contributed by atoms with E-state index in [4.69, 9.17) is 10.8 Å². The van der Waals surface area contributed by atoms with Crippen LogP contribution < -0.4 is 10.5 Å². The molecule has 0 radical (unpaired) electrons. The second-order valence-electron chi connectivity index (χ2n) is 4.18. The van der Waals surface area contributed by atoms with Gasteiger partial charge in [-0.1, -0.05) is 6.92 Å². The normalized spacial score (nSPS) is 13.5. The first-order valence-corrected chi connectivity index (χ1v) is 6.83. The van der Waals surface area contributed by atoms with Crippen molar-refractivity contribution >= 4 is 15.9 Å². The molecule has 18 heavy (non-hydrogen) atoms. The topological polar surface area (TPSA) is 114 Å². The number of nitrogens with zero attached hydrogens (tertiary/aromatic N) is 1. The van der Waals surface area contributed by atoms with Crippen LogP contribution in [0.5, 0.6) is 0 Å². The van der Waals surface area contributed by atoms with Crippen LogP contribution in [0.3, 0.4) is 0 Å². The van der Waals surface area contributed by atoms with Gasteiger partial charge in [-0.05, 0) is 12.0 Å². The second-order valence-corrected chi connectivity index (χ2v) is 5.94. The minimum absolute atomic E-state index is 0.0241. The lowest BCUT2D eigenvalue weighted by Crippen LogP contribution is -2.29. The lowest BCUT2D eigenvalue weighted by Gasteiger charge is -2.08. The van der Waals surface area contributed by atoms with Gasteiger partial charge >= 0.3 is 0 Å². The summed E-state index contributed by atoms with van der Waals surface area (Å²) < 4.78 is 27.5. The molecule has 0 fully saturated rings. The van der Waals surface area contributed by atoms with E-state index in [-0.39, 0.29) is 29.7 Å². The Bertz CT molecular complexity index is 535. The number of aromatic nitrogens is 1. The van der Waals surface area contributed by atoms with Crippen LogP contribution in [0.2, 0.25) is 0 Å². The number of aliphatic hydroxyl groups is 1. The van der Waals surface area contributed by atoms with Crippen molar-refractivity contribution in [2.45, 2.75) is 11.8 Å². The second kappa shape index (κ2) is 5.51. The first-order valence-electron chi connectivity index (χ1n) is 5.34. The highest BCUT2D eigenvalue weighted by Crippen LogP contribution is 2.13. The zero-order valence-electron chi connectivity index (χ0n) is 10.3. The van der Waals surface area contributed by atoms with Gasteiger partial charge in [0, 0.05) is 26.4 Å². The Balaban J connectivity index is 2.92. The SMILES string of the molecule is CC(CO)CNS(=O)(=O)c1cc(C(N)=O)n(C)c1. The average molecular weight is 275 g/mol. The lowest BCUT2D eigenvalue weighted by atomic mass is 10.2. The summed E-state index contributed by atoms with van der Waals surface area (Å²) in [5, 5.41) is 8.82. The van der Waals surface area contributed by atoms with Crippen molar-refractivity contribution in [2.75, 3.05) is 13.2 Å². The van der Waals surface area contributed by atoms with Crippen molar-refractivity contribution in [1.82, 2.24) is 9.29 Å². The number of hydrogen-bond donors (Lipinski definition) is 3. The first kappa shape index (κ1) is 14.7. The Hall–Kier alpha value is -1.38. The molecule has 8 heteroatoms. The smallest absolute Gasteiger partial charge is 0.265 e. The number of nitrogens with one attached hydrogen (secondary N) is 1. The number of carbonyl (C=O) groups is 1. The Labute approximate surface area is 106 Å². The minimum atomic E-state index is -3.69. The molecule has 1 aromatic heterocycles. The van der Waals surface area contributed by atoms with Crippen LogP contribution in [0.25, 0.3) is 0 Å². The largest absolute Gasteiger partial charge is 0.396 e. The van der Waals surface area contributed by atoms with E-state index in [9.17, 15) is 13.2 Å². The van der Waals surface area contributed by atoms with E-state index in [1.807, 2.05) is 0 Å². The van der Waals surface area contributed by atoms with Crippen molar-refractivity contribution in [3.63, 3.8) is 0 Å². The molecule has 0 aliphatic heterocycles. The third-order valence-corrected chi connectivity index (χ3v) is 3.87. The third-order valence-electron chi connectivity index (χ3n) is 2.48. The molecule has 102 valence electrons. The number of nitrogens with two attached hydrogens (primary N) is 1. The van der Waals surface area contributed by atoms with Gasteiger partial charge in [0.2, 0.25) is 10.0 Å². The summed E-state index contributed by atoms with van der Waals surface area (Å²) in [6.45, 7) is 1.73. The fraction of sp³-hybridized carbons (Fsp3) is 0.500. The van der Waals surface area contributed by atoms with Crippen LogP contribution in [0.1, 0.15) is 17.4 Å². The highest BCUT2D eigenvalue weighted by molar-refractivity contribution is 7.89. The van der Waals surface area contributed by atoms with Gasteiger partial charge < -0.3 is 15.4 Å². The molecule has 1 unspecified atom stereocenters. The molecule has 0 saturated carbocycles.